The van der Waals surface area contributed by atoms with E-state index in [2.05, 4.69) is 12.1 Å². The molecule has 2 aromatic rings. The summed E-state index contributed by atoms with van der Waals surface area (Å²) in [5.41, 5.74) is 2.53. The van der Waals surface area contributed by atoms with Crippen LogP contribution in [0.3, 0.4) is 0 Å². The molecule has 3 heterocycles. The van der Waals surface area contributed by atoms with Gasteiger partial charge in [0.25, 0.3) is 0 Å². The molecule has 2 saturated heterocycles. The molecule has 0 aromatic heterocycles. The first-order valence-corrected chi connectivity index (χ1v) is 12.0. The number of ether oxygens (including phenoxy) is 2. The maximum Gasteiger partial charge on any atom is 0.163 e. The van der Waals surface area contributed by atoms with Crippen LogP contribution in [0.1, 0.15) is 23.6 Å². The topological polar surface area (TPSA) is 27.3 Å². The van der Waals surface area contributed by atoms with Crippen LogP contribution in [-0.4, -0.2) is 52.2 Å². The highest BCUT2D eigenvalue weighted by Crippen LogP contribution is 2.41. The van der Waals surface area contributed by atoms with E-state index in [1.807, 2.05) is 12.1 Å². The van der Waals surface area contributed by atoms with Crippen molar-refractivity contribution >= 4 is 23.4 Å². The quantitative estimate of drug-likeness (QED) is 0.743. The molecule has 0 amide bonds. The third kappa shape index (κ3) is 4.54. The predicted octanol–water partition coefficient (Wildman–Crippen LogP) is 1.77. The Bertz CT molecular complexity index is 901. The normalized spacial score (nSPS) is 26.8. The minimum absolute atomic E-state index is 0.00946. The van der Waals surface area contributed by atoms with E-state index in [0.717, 1.165) is 68.7 Å². The lowest BCUT2D eigenvalue weighted by molar-refractivity contribution is -1.03. The van der Waals surface area contributed by atoms with Crippen molar-refractivity contribution in [2.24, 2.45) is 0 Å². The number of piperazine rings is 1. The first-order valence-electron chi connectivity index (χ1n) is 10.8. The van der Waals surface area contributed by atoms with Gasteiger partial charge in [0.05, 0.1) is 19.8 Å². The van der Waals surface area contributed by atoms with Crippen molar-refractivity contribution in [3.63, 3.8) is 0 Å². The fourth-order valence-corrected chi connectivity index (χ4v) is 6.26. The van der Waals surface area contributed by atoms with Crippen LogP contribution in [0.25, 0.3) is 0 Å². The number of hydrogen-bond acceptors (Lipinski definition) is 3. The van der Waals surface area contributed by atoms with Gasteiger partial charge in [-0.25, -0.2) is 4.39 Å². The van der Waals surface area contributed by atoms with Crippen molar-refractivity contribution in [2.75, 3.05) is 45.9 Å². The smallest absolute Gasteiger partial charge is 0.163 e. The molecule has 0 spiro atoms. The lowest BCUT2D eigenvalue weighted by Gasteiger charge is -2.35. The Morgan fingerprint density at radius 1 is 1.00 bits per heavy atom. The van der Waals surface area contributed by atoms with Gasteiger partial charge in [-0.05, 0) is 42.0 Å². The van der Waals surface area contributed by atoms with Crippen molar-refractivity contribution in [3.8, 4) is 0 Å². The fourth-order valence-electron chi connectivity index (χ4n) is 4.92. The highest BCUT2D eigenvalue weighted by atomic mass is 35.5. The molecule has 2 aromatic carbocycles. The molecule has 0 bridgehead atoms. The van der Waals surface area contributed by atoms with Crippen LogP contribution in [0.2, 0.25) is 5.02 Å². The van der Waals surface area contributed by atoms with Gasteiger partial charge in [0, 0.05) is 33.2 Å². The second-order valence-corrected chi connectivity index (χ2v) is 9.93. The van der Waals surface area contributed by atoms with E-state index in [1.165, 1.54) is 16.0 Å². The van der Waals surface area contributed by atoms with Gasteiger partial charge in [0.2, 0.25) is 0 Å². The number of benzene rings is 2. The van der Waals surface area contributed by atoms with E-state index >= 15 is 0 Å². The van der Waals surface area contributed by atoms with E-state index in [0.29, 0.717) is 6.04 Å². The molecule has 0 saturated carbocycles. The molecule has 0 unspecified atom stereocenters. The van der Waals surface area contributed by atoms with E-state index in [-0.39, 0.29) is 12.1 Å². The minimum atomic E-state index is -0.168. The summed E-state index contributed by atoms with van der Waals surface area (Å²) in [5.74, 6) is -0.168. The molecule has 2 N–H and O–H groups in total. The zero-order chi connectivity index (χ0) is 20.5. The number of hydrogen-bond donors (Lipinski definition) is 2. The average molecular weight is 451 g/mol. The first-order chi connectivity index (χ1) is 14.7. The van der Waals surface area contributed by atoms with Crippen molar-refractivity contribution in [1.29, 1.82) is 0 Å². The standard InChI is InChI=1S/C23H26ClFN2O2S/c24-17-1-4-21-16(13-17)14-20(19-3-2-18(25)15-22(19)30-21)27-9-7-26(8-10-27)6-5-23-28-11-12-29-23/h1-4,13,15,20,23H,5-12,14H2/p+2/t20-/m0/s1. The largest absolute Gasteiger partial charge is 0.350 e. The first kappa shape index (κ1) is 20.7. The molecule has 2 fully saturated rings. The van der Waals surface area contributed by atoms with Gasteiger partial charge in [-0.2, -0.15) is 0 Å². The van der Waals surface area contributed by atoms with Crippen molar-refractivity contribution in [1.82, 2.24) is 0 Å². The van der Waals surface area contributed by atoms with Gasteiger partial charge >= 0.3 is 0 Å². The molecule has 30 heavy (non-hydrogen) atoms. The van der Waals surface area contributed by atoms with Crippen LogP contribution in [0.5, 0.6) is 0 Å². The van der Waals surface area contributed by atoms with E-state index in [4.69, 9.17) is 21.1 Å². The summed E-state index contributed by atoms with van der Waals surface area (Å²) < 4.78 is 25.2. The second kappa shape index (κ2) is 9.15. The Balaban J connectivity index is 1.32. The van der Waals surface area contributed by atoms with E-state index in [9.17, 15) is 4.39 Å². The Morgan fingerprint density at radius 3 is 2.60 bits per heavy atom. The second-order valence-electron chi connectivity index (χ2n) is 8.41. The maximum atomic E-state index is 14.0. The number of nitrogens with one attached hydrogen (secondary N) is 2. The molecular formula is C23H28ClFN2O2S+2. The Hall–Kier alpha value is -1.15. The molecule has 4 nitrogen and oxygen atoms in total. The summed E-state index contributed by atoms with van der Waals surface area (Å²) in [6, 6.07) is 11.7. The fraction of sp³-hybridized carbons (Fsp3) is 0.478. The van der Waals surface area contributed by atoms with Gasteiger partial charge in [-0.15, -0.1) is 0 Å². The zero-order valence-electron chi connectivity index (χ0n) is 17.0. The van der Waals surface area contributed by atoms with Gasteiger partial charge in [0.15, 0.2) is 6.29 Å². The SMILES string of the molecule is Fc1ccc2c(c1)Sc1ccc(Cl)cc1C[C@@H]2[NH+]1CC[NH+](CCC2OCCO2)CC1. The van der Waals surface area contributed by atoms with Crippen LogP contribution in [-0.2, 0) is 15.9 Å². The Kier molecular flexibility index (Phi) is 6.32. The summed E-state index contributed by atoms with van der Waals surface area (Å²) in [4.78, 5) is 5.45. The van der Waals surface area contributed by atoms with Gasteiger partial charge in [-0.3, -0.25) is 0 Å². The number of quaternary nitrogens is 2. The third-order valence-corrected chi connectivity index (χ3v) is 7.96. The summed E-state index contributed by atoms with van der Waals surface area (Å²) in [6.07, 6.45) is 1.90. The molecule has 0 aliphatic carbocycles. The van der Waals surface area contributed by atoms with Crippen molar-refractivity contribution < 1.29 is 23.7 Å². The van der Waals surface area contributed by atoms with Crippen LogP contribution < -0.4 is 9.80 Å². The molecule has 5 rings (SSSR count). The van der Waals surface area contributed by atoms with E-state index in [1.54, 1.807) is 33.7 Å². The molecule has 3 aliphatic heterocycles. The Labute approximate surface area is 186 Å². The molecule has 3 aliphatic rings. The maximum absolute atomic E-state index is 14.0. The average Bonchev–Trinajstić information content (AvgIpc) is 3.22. The highest BCUT2D eigenvalue weighted by Gasteiger charge is 2.35. The van der Waals surface area contributed by atoms with E-state index < -0.39 is 0 Å². The summed E-state index contributed by atoms with van der Waals surface area (Å²) in [6.45, 7) is 7.06. The van der Waals surface area contributed by atoms with Crippen LogP contribution in [0.4, 0.5) is 4.39 Å². The van der Waals surface area contributed by atoms with Crippen LogP contribution in [0.15, 0.2) is 46.2 Å². The summed E-state index contributed by atoms with van der Waals surface area (Å²) in [7, 11) is 0. The zero-order valence-corrected chi connectivity index (χ0v) is 18.5. The number of rotatable bonds is 4. The molecular weight excluding hydrogens is 423 g/mol. The number of halogens is 2. The third-order valence-electron chi connectivity index (χ3n) is 6.53. The molecule has 7 heteroatoms. The van der Waals surface area contributed by atoms with Gasteiger partial charge in [0.1, 0.15) is 38.0 Å². The molecule has 1 atom stereocenters. The minimum Gasteiger partial charge on any atom is -0.350 e. The monoisotopic (exact) mass is 450 g/mol. The highest BCUT2D eigenvalue weighted by molar-refractivity contribution is 7.99. The Morgan fingerprint density at radius 2 is 1.80 bits per heavy atom. The van der Waals surface area contributed by atoms with Crippen LogP contribution >= 0.6 is 23.4 Å². The molecule has 160 valence electrons. The summed E-state index contributed by atoms with van der Waals surface area (Å²) in [5, 5.41) is 0.769. The van der Waals surface area contributed by atoms with Gasteiger partial charge < -0.3 is 19.3 Å². The van der Waals surface area contributed by atoms with Crippen LogP contribution in [0, 0.1) is 5.82 Å². The predicted molar refractivity (Wildman–Crippen MR) is 115 cm³/mol. The van der Waals surface area contributed by atoms with Gasteiger partial charge in [-0.1, -0.05) is 23.4 Å². The lowest BCUT2D eigenvalue weighted by atomic mass is 9.96. The van der Waals surface area contributed by atoms with Crippen molar-refractivity contribution in [3.05, 3.63) is 58.4 Å². The van der Waals surface area contributed by atoms with Crippen molar-refractivity contribution in [2.45, 2.75) is 35.0 Å². The molecule has 0 radical (unpaired) electrons. The number of fused-ring (bicyclic) bond motifs is 2. The summed E-state index contributed by atoms with van der Waals surface area (Å²) >= 11 is 7.98. The lowest BCUT2D eigenvalue weighted by Crippen LogP contribution is -3.28.